The number of aryl methyl sites for hydroxylation is 1. The van der Waals surface area contributed by atoms with Gasteiger partial charge in [0.2, 0.25) is 5.91 Å². The van der Waals surface area contributed by atoms with Gasteiger partial charge in [0.15, 0.2) is 5.82 Å². The summed E-state index contributed by atoms with van der Waals surface area (Å²) in [7, 11) is 0. The largest absolute Gasteiger partial charge is 0.506 e. The maximum Gasteiger partial charge on any atom is 0.282 e. The van der Waals surface area contributed by atoms with Crippen molar-refractivity contribution in [2.75, 3.05) is 16.4 Å². The Kier molecular flexibility index (Phi) is 6.61. The van der Waals surface area contributed by atoms with Crippen LogP contribution in [0.5, 0.6) is 5.75 Å². The number of hydrogen-bond donors (Lipinski definition) is 5. The zero-order valence-corrected chi connectivity index (χ0v) is 21.5. The molecule has 1 atom stereocenters. The van der Waals surface area contributed by atoms with Crippen LogP contribution in [0.4, 0.5) is 17.3 Å². The molecule has 0 aliphatic rings. The van der Waals surface area contributed by atoms with E-state index in [-0.39, 0.29) is 39.8 Å². The molecule has 40 heavy (non-hydrogen) atoms. The second-order valence-corrected chi connectivity index (χ2v) is 9.03. The highest BCUT2D eigenvalue weighted by Crippen LogP contribution is 2.28. The van der Waals surface area contributed by atoms with Crippen LogP contribution in [-0.4, -0.2) is 41.1 Å². The highest BCUT2D eigenvalue weighted by Gasteiger charge is 2.24. The third-order valence-corrected chi connectivity index (χ3v) is 6.30. The first kappa shape index (κ1) is 25.9. The highest BCUT2D eigenvalue weighted by molar-refractivity contribution is 6.11. The van der Waals surface area contributed by atoms with E-state index in [4.69, 9.17) is 16.6 Å². The van der Waals surface area contributed by atoms with E-state index in [1.807, 2.05) is 25.1 Å². The molecule has 0 radical (unpaired) electrons. The Bertz CT molecular complexity index is 1830. The minimum absolute atomic E-state index is 0.0562. The number of hydrogen-bond acceptors (Lipinski definition) is 9. The Morgan fingerprint density at radius 3 is 2.55 bits per heavy atom. The number of anilines is 3. The van der Waals surface area contributed by atoms with Gasteiger partial charge in [0.05, 0.1) is 17.4 Å². The summed E-state index contributed by atoms with van der Waals surface area (Å²) in [6, 6.07) is 14.0. The van der Waals surface area contributed by atoms with Gasteiger partial charge in [-0.05, 0) is 55.8 Å². The summed E-state index contributed by atoms with van der Waals surface area (Å²) in [6.45, 7) is 3.59. The van der Waals surface area contributed by atoms with Crippen molar-refractivity contribution >= 4 is 34.7 Å². The second kappa shape index (κ2) is 10.2. The number of nitrogens with zero attached hydrogens (tertiary/aromatic N) is 5. The van der Waals surface area contributed by atoms with Crippen LogP contribution in [0, 0.1) is 6.92 Å². The molecule has 0 fully saturated rings. The first-order chi connectivity index (χ1) is 19.2. The number of rotatable bonds is 7. The number of nitrogens with one attached hydrogen (secondary N) is 2. The predicted octanol–water partition coefficient (Wildman–Crippen LogP) is 2.40. The van der Waals surface area contributed by atoms with Gasteiger partial charge in [-0.3, -0.25) is 19.0 Å². The molecule has 3 aromatic heterocycles. The minimum atomic E-state index is -0.755. The van der Waals surface area contributed by atoms with Crippen LogP contribution < -0.4 is 27.7 Å². The average Bonchev–Trinajstić information content (AvgIpc) is 3.30. The van der Waals surface area contributed by atoms with Gasteiger partial charge >= 0.3 is 0 Å². The monoisotopic (exact) mass is 539 g/mol. The average molecular weight is 540 g/mol. The summed E-state index contributed by atoms with van der Waals surface area (Å²) >= 11 is 0. The number of carbonyl (C=O) groups excluding carboxylic acids is 2. The van der Waals surface area contributed by atoms with Crippen molar-refractivity contribution in [3.63, 3.8) is 0 Å². The fourth-order valence-corrected chi connectivity index (χ4v) is 4.31. The highest BCUT2D eigenvalue weighted by atomic mass is 16.3. The van der Waals surface area contributed by atoms with Crippen LogP contribution in [-0.2, 0) is 0 Å². The number of aromatic nitrogens is 5. The van der Waals surface area contributed by atoms with Gasteiger partial charge in [-0.2, -0.15) is 5.10 Å². The van der Waals surface area contributed by atoms with Crippen LogP contribution >= 0.6 is 0 Å². The number of phenols is 1. The molecular weight excluding hydrogens is 514 g/mol. The van der Waals surface area contributed by atoms with E-state index in [1.54, 1.807) is 31.3 Å². The number of para-hydroxylation sites is 1. The molecule has 0 saturated heterocycles. The molecular formula is C27H25N9O4. The van der Waals surface area contributed by atoms with Gasteiger partial charge in [0.25, 0.3) is 11.5 Å². The Hall–Kier alpha value is -5.72. The van der Waals surface area contributed by atoms with Crippen molar-refractivity contribution in [3.05, 3.63) is 100.0 Å². The Morgan fingerprint density at radius 2 is 1.82 bits per heavy atom. The van der Waals surface area contributed by atoms with Crippen molar-refractivity contribution in [2.24, 2.45) is 5.73 Å². The van der Waals surface area contributed by atoms with E-state index in [1.165, 1.54) is 33.6 Å². The molecule has 2 aromatic carbocycles. The number of phenolic OH excluding ortho intramolecular Hbond substituents is 1. The first-order valence-electron chi connectivity index (χ1n) is 12.1. The lowest BCUT2D eigenvalue weighted by atomic mass is 10.1. The van der Waals surface area contributed by atoms with Gasteiger partial charge in [-0.25, -0.2) is 14.5 Å². The second-order valence-electron chi connectivity index (χ2n) is 9.03. The van der Waals surface area contributed by atoms with Crippen LogP contribution in [0.3, 0.4) is 0 Å². The summed E-state index contributed by atoms with van der Waals surface area (Å²) in [5, 5.41) is 20.5. The summed E-state index contributed by atoms with van der Waals surface area (Å²) in [4.78, 5) is 46.7. The molecule has 0 aliphatic heterocycles. The van der Waals surface area contributed by atoms with E-state index in [0.717, 1.165) is 5.56 Å². The third-order valence-electron chi connectivity index (χ3n) is 6.30. The maximum absolute atomic E-state index is 13.6. The Labute approximate surface area is 227 Å². The molecule has 2 amide bonds. The van der Waals surface area contributed by atoms with Crippen molar-refractivity contribution in [3.8, 4) is 11.4 Å². The Balaban J connectivity index is 1.55. The fraction of sp³-hybridized carbons (Fsp3) is 0.111. The number of aromatic hydroxyl groups is 1. The van der Waals surface area contributed by atoms with E-state index in [0.29, 0.717) is 17.0 Å². The molecule has 7 N–H and O–H groups in total. The quantitative estimate of drug-likeness (QED) is 0.193. The van der Waals surface area contributed by atoms with Crippen molar-refractivity contribution < 1.29 is 14.7 Å². The van der Waals surface area contributed by atoms with E-state index in [9.17, 15) is 19.5 Å². The molecule has 5 rings (SSSR count). The molecule has 3 heterocycles. The summed E-state index contributed by atoms with van der Waals surface area (Å²) in [5.74, 6) is -1.52. The third kappa shape index (κ3) is 4.67. The smallest absolute Gasteiger partial charge is 0.282 e. The SMILES string of the molecule is Cc1ccn2nc([C@H](C)Nc3ncnc(N)c3C(=O)Nc3cc(C(N)=O)ccc3O)n(-c3ccccc3)c(=O)c12. The number of benzene rings is 2. The normalized spacial score (nSPS) is 11.8. The van der Waals surface area contributed by atoms with Crippen LogP contribution in [0.2, 0.25) is 0 Å². The number of fused-ring (bicyclic) bond motifs is 1. The molecule has 0 bridgehead atoms. The Morgan fingerprint density at radius 1 is 1.07 bits per heavy atom. The molecule has 0 unspecified atom stereocenters. The maximum atomic E-state index is 13.6. The fourth-order valence-electron chi connectivity index (χ4n) is 4.31. The number of nitrogen functional groups attached to an aromatic ring is 1. The molecule has 13 nitrogen and oxygen atoms in total. The van der Waals surface area contributed by atoms with Gasteiger partial charge in [-0.15, -0.1) is 0 Å². The number of nitrogens with two attached hydrogens (primary N) is 2. The summed E-state index contributed by atoms with van der Waals surface area (Å²) in [6.07, 6.45) is 2.88. The lowest BCUT2D eigenvalue weighted by molar-refractivity contribution is 0.0996. The van der Waals surface area contributed by atoms with Gasteiger partial charge < -0.3 is 27.2 Å². The number of primary amides is 1. The zero-order valence-electron chi connectivity index (χ0n) is 21.5. The minimum Gasteiger partial charge on any atom is -0.506 e. The van der Waals surface area contributed by atoms with Crippen LogP contribution in [0.25, 0.3) is 11.2 Å². The molecule has 5 aromatic rings. The standard InChI is InChI=1S/C27H25N9O4/c1-14-10-11-35-21(14)27(40)36(17-6-4-3-5-7-17)25(34-35)15(2)32-24-20(22(28)30-13-31-24)26(39)33-18-12-16(23(29)38)8-9-19(18)37/h3-13,15,37H,1-2H3,(H2,29,38)(H,33,39)(H3,28,30,31,32)/t15-/m0/s1. The lowest BCUT2D eigenvalue weighted by Gasteiger charge is -2.21. The molecule has 0 aliphatic carbocycles. The number of amides is 2. The van der Waals surface area contributed by atoms with E-state index < -0.39 is 17.9 Å². The van der Waals surface area contributed by atoms with Crippen LogP contribution in [0.15, 0.2) is 71.9 Å². The summed E-state index contributed by atoms with van der Waals surface area (Å²) < 4.78 is 3.01. The lowest BCUT2D eigenvalue weighted by Crippen LogP contribution is -2.30. The topological polar surface area (TPSA) is 196 Å². The molecule has 0 saturated carbocycles. The van der Waals surface area contributed by atoms with Crippen molar-refractivity contribution in [1.82, 2.24) is 24.1 Å². The van der Waals surface area contributed by atoms with Crippen molar-refractivity contribution in [2.45, 2.75) is 19.9 Å². The van der Waals surface area contributed by atoms with Crippen molar-refractivity contribution in [1.29, 1.82) is 0 Å². The molecule has 0 spiro atoms. The van der Waals surface area contributed by atoms with Crippen LogP contribution in [0.1, 0.15) is 45.1 Å². The number of carbonyl (C=O) groups is 2. The molecule has 202 valence electrons. The van der Waals surface area contributed by atoms with Gasteiger partial charge in [0, 0.05) is 11.8 Å². The zero-order chi connectivity index (χ0) is 28.6. The van der Waals surface area contributed by atoms with Gasteiger partial charge in [0.1, 0.15) is 34.8 Å². The molecule has 13 heteroatoms. The predicted molar refractivity (Wildman–Crippen MR) is 149 cm³/mol. The van der Waals surface area contributed by atoms with Gasteiger partial charge in [-0.1, -0.05) is 18.2 Å². The summed E-state index contributed by atoms with van der Waals surface area (Å²) in [5.41, 5.74) is 12.8. The van der Waals surface area contributed by atoms with E-state index >= 15 is 0 Å². The van der Waals surface area contributed by atoms with E-state index in [2.05, 4.69) is 20.6 Å². The first-order valence-corrected chi connectivity index (χ1v) is 12.1.